The maximum Gasteiger partial charge on any atom is 0.408 e. The van der Waals surface area contributed by atoms with Crippen LogP contribution in [0.5, 0.6) is 0 Å². The highest BCUT2D eigenvalue weighted by atomic mass is 19.3. The molecule has 0 aliphatic rings. The summed E-state index contributed by atoms with van der Waals surface area (Å²) >= 11 is 0. The number of ether oxygens (including phenoxy) is 5. The lowest BCUT2D eigenvalue weighted by molar-refractivity contribution is -0.174. The molecule has 2 amide bonds. The van der Waals surface area contributed by atoms with Crippen LogP contribution >= 0.6 is 0 Å². The highest BCUT2D eigenvalue weighted by molar-refractivity contribution is 5.83. The van der Waals surface area contributed by atoms with E-state index in [-0.39, 0.29) is 19.6 Å². The van der Waals surface area contributed by atoms with E-state index in [0.29, 0.717) is 17.2 Å². The summed E-state index contributed by atoms with van der Waals surface area (Å²) in [4.78, 5) is 58.9. The Morgan fingerprint density at radius 3 is 1.35 bits per heavy atom. The van der Waals surface area contributed by atoms with Crippen LogP contribution in [0.1, 0.15) is 113 Å². The molecule has 0 bridgehead atoms. The lowest BCUT2D eigenvalue weighted by Crippen LogP contribution is -2.57. The number of alkyl halides is 6. The van der Waals surface area contributed by atoms with Crippen molar-refractivity contribution < 1.29 is 84.2 Å². The fourth-order valence-electron chi connectivity index (χ4n) is 4.65. The molecular formula is C46H66F6N2O12. The minimum Gasteiger partial charge on any atom is -0.458 e. The fourth-order valence-corrected chi connectivity index (χ4v) is 4.65. The molecule has 4 unspecified atom stereocenters. The molecule has 4 N–H and O–H groups in total. The van der Waals surface area contributed by atoms with Crippen LogP contribution in [0, 0.1) is 0 Å². The van der Waals surface area contributed by atoms with Gasteiger partial charge in [-0.1, -0.05) is 81.4 Å². The van der Waals surface area contributed by atoms with Gasteiger partial charge in [-0.15, -0.1) is 0 Å². The minimum absolute atomic E-state index is 0.117. The van der Waals surface area contributed by atoms with Gasteiger partial charge in [0.15, 0.2) is 12.1 Å². The Labute approximate surface area is 382 Å². The Bertz CT molecular complexity index is 1830. The first-order chi connectivity index (χ1) is 30.1. The number of allylic oxidation sites excluding steroid dienone is 1. The van der Waals surface area contributed by atoms with Gasteiger partial charge < -0.3 is 44.5 Å². The number of alkyl carbamates (subject to hydrolysis) is 2. The number of carbonyl (C=O) groups excluding carboxylic acids is 5. The number of nitrogens with one attached hydrogen (secondary N) is 2. The summed E-state index contributed by atoms with van der Waals surface area (Å²) in [6.45, 7) is 17.7. The molecule has 0 aliphatic carbocycles. The third kappa shape index (κ3) is 25.9. The molecule has 0 fully saturated rings. The molecule has 2 rings (SSSR count). The summed E-state index contributed by atoms with van der Waals surface area (Å²) in [5, 5.41) is 23.8. The topological polar surface area (TPSA) is 196 Å². The molecule has 0 heterocycles. The molecule has 0 aromatic heterocycles. The Morgan fingerprint density at radius 2 is 0.970 bits per heavy atom. The predicted molar refractivity (Wildman–Crippen MR) is 232 cm³/mol. The lowest BCUT2D eigenvalue weighted by atomic mass is 10.0. The molecule has 66 heavy (non-hydrogen) atoms. The molecule has 0 saturated carbocycles. The summed E-state index contributed by atoms with van der Waals surface area (Å²) in [7, 11) is 0. The SMILES string of the molecule is CCC(F)(F)C(NC(=O)OCc1ccccc1)C(O)C(=O)OC(C)(C)C.CCC(F)(F)C(O)C(NC(=O)OCc1ccccc1)C(=O)OC(C)(C)C.CCC(F)(F)C=CC(=O)OC(C)(C)C. The third-order valence-corrected chi connectivity index (χ3v) is 8.08. The van der Waals surface area contributed by atoms with Crippen LogP contribution in [0.3, 0.4) is 0 Å². The monoisotopic (exact) mass is 952 g/mol. The highest BCUT2D eigenvalue weighted by Gasteiger charge is 2.48. The minimum atomic E-state index is -3.59. The van der Waals surface area contributed by atoms with Gasteiger partial charge in [-0.25, -0.2) is 50.3 Å². The summed E-state index contributed by atoms with van der Waals surface area (Å²) in [6.07, 6.45) is -7.38. The van der Waals surface area contributed by atoms with Crippen LogP contribution in [0.4, 0.5) is 35.9 Å². The van der Waals surface area contributed by atoms with Crippen molar-refractivity contribution >= 4 is 30.1 Å². The van der Waals surface area contributed by atoms with Crippen LogP contribution in [-0.4, -0.2) is 99.2 Å². The summed E-state index contributed by atoms with van der Waals surface area (Å²) in [6, 6.07) is 13.2. The van der Waals surface area contributed by atoms with Crippen molar-refractivity contribution in [1.29, 1.82) is 0 Å². The van der Waals surface area contributed by atoms with E-state index in [2.05, 4.69) is 0 Å². The van der Waals surface area contributed by atoms with Gasteiger partial charge in [0.05, 0.1) is 0 Å². The summed E-state index contributed by atoms with van der Waals surface area (Å²) in [5.41, 5.74) is -1.27. The first-order valence-electron chi connectivity index (χ1n) is 20.9. The van der Waals surface area contributed by atoms with Gasteiger partial charge in [0, 0.05) is 25.3 Å². The van der Waals surface area contributed by atoms with Crippen molar-refractivity contribution in [2.75, 3.05) is 0 Å². The Balaban J connectivity index is 0.00000101. The first-order valence-corrected chi connectivity index (χ1v) is 20.9. The maximum absolute atomic E-state index is 14.1. The number of hydrogen-bond acceptors (Lipinski definition) is 12. The van der Waals surface area contributed by atoms with E-state index in [4.69, 9.17) is 23.7 Å². The number of amides is 2. The van der Waals surface area contributed by atoms with E-state index in [1.165, 1.54) is 34.6 Å². The van der Waals surface area contributed by atoms with E-state index in [9.17, 15) is 60.5 Å². The molecule has 2 aromatic carbocycles. The van der Waals surface area contributed by atoms with Crippen LogP contribution in [-0.2, 0) is 51.3 Å². The van der Waals surface area contributed by atoms with E-state index < -0.39 is 102 Å². The molecule has 374 valence electrons. The zero-order valence-electron chi connectivity index (χ0n) is 39.5. The zero-order valence-corrected chi connectivity index (χ0v) is 39.5. The number of halogens is 6. The second-order valence-electron chi connectivity index (χ2n) is 17.5. The summed E-state index contributed by atoms with van der Waals surface area (Å²) < 4.78 is 106. The lowest BCUT2D eigenvalue weighted by Gasteiger charge is -2.31. The van der Waals surface area contributed by atoms with Gasteiger partial charge in [-0.3, -0.25) is 0 Å². The molecule has 0 saturated heterocycles. The maximum atomic E-state index is 14.1. The number of benzene rings is 2. The van der Waals surface area contributed by atoms with Crippen molar-refractivity contribution in [3.63, 3.8) is 0 Å². The van der Waals surface area contributed by atoms with Gasteiger partial charge in [-0.2, -0.15) is 0 Å². The standard InChI is InChI=1S/2C18H25F2NO5.C10H16F2O2/c1-5-18(19,20)14(13(22)15(23)26-17(2,3)4)21-16(24)25-11-12-9-7-6-8-10-12;1-5-18(19,20)14(22)13(15(23)26-17(2,3)4)21-16(24)25-11-12-9-7-6-8-10-12;1-5-10(11,12)7-6-8(13)14-9(2,3)4/h2*6-10,13-14,22H,5,11H2,1-4H3,(H,21,24);6-7H,5H2,1-4H3. The molecule has 14 nitrogen and oxygen atoms in total. The molecule has 20 heteroatoms. The average molecular weight is 953 g/mol. The molecule has 0 spiro atoms. The van der Waals surface area contributed by atoms with Crippen LogP contribution in [0.25, 0.3) is 0 Å². The van der Waals surface area contributed by atoms with Crippen LogP contribution in [0.15, 0.2) is 72.8 Å². The van der Waals surface area contributed by atoms with Crippen molar-refractivity contribution in [2.45, 2.75) is 174 Å². The van der Waals surface area contributed by atoms with Gasteiger partial charge in [0.1, 0.15) is 42.2 Å². The number of rotatable bonds is 17. The summed E-state index contributed by atoms with van der Waals surface area (Å²) in [5.74, 6) is -13.2. The van der Waals surface area contributed by atoms with E-state index in [0.717, 1.165) is 13.0 Å². The van der Waals surface area contributed by atoms with Gasteiger partial charge in [0.2, 0.25) is 0 Å². The number of carbonyl (C=O) groups is 5. The highest BCUT2D eigenvalue weighted by Crippen LogP contribution is 2.28. The normalized spacial score (nSPS) is 14.1. The number of esters is 3. The van der Waals surface area contributed by atoms with Crippen LogP contribution in [0.2, 0.25) is 0 Å². The molecule has 0 aliphatic heterocycles. The predicted octanol–water partition coefficient (Wildman–Crippen LogP) is 8.99. The number of hydrogen-bond donors (Lipinski definition) is 4. The number of aliphatic hydroxyl groups is 2. The van der Waals surface area contributed by atoms with Crippen molar-refractivity contribution in [3.05, 3.63) is 83.9 Å². The largest absolute Gasteiger partial charge is 0.458 e. The average Bonchev–Trinajstić information content (AvgIpc) is 3.21. The molecule has 0 radical (unpaired) electrons. The van der Waals surface area contributed by atoms with E-state index in [1.807, 2.05) is 10.6 Å². The quantitative estimate of drug-likeness (QED) is 0.0509. The Kier molecular flexibility index (Phi) is 24.5. The smallest absolute Gasteiger partial charge is 0.408 e. The second-order valence-corrected chi connectivity index (χ2v) is 17.5. The van der Waals surface area contributed by atoms with Crippen LogP contribution < -0.4 is 10.6 Å². The molecular weight excluding hydrogens is 886 g/mol. The van der Waals surface area contributed by atoms with Gasteiger partial charge in [0.25, 0.3) is 17.8 Å². The Hall–Kier alpha value is -5.37. The fraction of sp³-hybridized carbons (Fsp3) is 0.587. The number of aliphatic hydroxyl groups excluding tert-OH is 2. The third-order valence-electron chi connectivity index (χ3n) is 8.08. The van der Waals surface area contributed by atoms with Crippen molar-refractivity contribution in [2.24, 2.45) is 0 Å². The van der Waals surface area contributed by atoms with Crippen molar-refractivity contribution in [1.82, 2.24) is 10.6 Å². The Morgan fingerprint density at radius 1 is 0.576 bits per heavy atom. The molecule has 4 atom stereocenters. The van der Waals surface area contributed by atoms with E-state index in [1.54, 1.807) is 102 Å². The molecule has 2 aromatic rings. The van der Waals surface area contributed by atoms with Gasteiger partial charge in [-0.05, 0) is 79.5 Å². The zero-order chi connectivity index (χ0) is 51.3. The first kappa shape index (κ1) is 60.6. The van der Waals surface area contributed by atoms with Crippen molar-refractivity contribution in [3.8, 4) is 0 Å². The van der Waals surface area contributed by atoms with E-state index >= 15 is 0 Å². The second kappa shape index (κ2) is 26.7. The van der Waals surface area contributed by atoms with Gasteiger partial charge >= 0.3 is 30.1 Å².